The van der Waals surface area contributed by atoms with Crippen LogP contribution in [0.25, 0.3) is 0 Å². The van der Waals surface area contributed by atoms with E-state index in [1.807, 2.05) is 25.1 Å². The first-order chi connectivity index (χ1) is 13.0. The number of rotatable bonds is 5. The molecular formula is C20H23Cl2N3O2. The fraction of sp³-hybridized carbons (Fsp3) is 0.350. The highest BCUT2D eigenvalue weighted by atomic mass is 35.5. The zero-order chi connectivity index (χ0) is 19.4. The number of anilines is 2. The van der Waals surface area contributed by atoms with Crippen molar-refractivity contribution in [1.29, 1.82) is 0 Å². The van der Waals surface area contributed by atoms with Gasteiger partial charge in [0.2, 0.25) is 5.91 Å². The van der Waals surface area contributed by atoms with E-state index in [1.54, 1.807) is 25.3 Å². The Morgan fingerprint density at radius 3 is 2.52 bits per heavy atom. The first-order valence-electron chi connectivity index (χ1n) is 8.87. The number of methoxy groups -OCH3 is 1. The Labute approximate surface area is 169 Å². The van der Waals surface area contributed by atoms with Gasteiger partial charge in [0.05, 0.1) is 29.5 Å². The number of halogens is 2. The lowest BCUT2D eigenvalue weighted by Crippen LogP contribution is -2.52. The molecule has 1 amide bonds. The van der Waals surface area contributed by atoms with Crippen molar-refractivity contribution in [2.24, 2.45) is 0 Å². The molecule has 0 aliphatic carbocycles. The zero-order valence-corrected chi connectivity index (χ0v) is 16.9. The van der Waals surface area contributed by atoms with E-state index in [-0.39, 0.29) is 11.9 Å². The molecule has 1 aliphatic rings. The maximum Gasteiger partial charge on any atom is 0.241 e. The molecule has 0 aromatic heterocycles. The number of nitrogens with zero attached hydrogens (tertiary/aromatic N) is 2. The predicted octanol–water partition coefficient (Wildman–Crippen LogP) is 4.15. The molecule has 1 saturated heterocycles. The summed E-state index contributed by atoms with van der Waals surface area (Å²) in [5.41, 5.74) is 1.62. The van der Waals surface area contributed by atoms with Crippen molar-refractivity contribution in [2.75, 3.05) is 43.5 Å². The van der Waals surface area contributed by atoms with Crippen molar-refractivity contribution < 1.29 is 9.53 Å². The Morgan fingerprint density at radius 1 is 1.11 bits per heavy atom. The Balaban J connectivity index is 1.60. The van der Waals surface area contributed by atoms with Crippen LogP contribution in [-0.4, -0.2) is 50.1 Å². The molecule has 5 nitrogen and oxygen atoms in total. The molecule has 0 saturated carbocycles. The third-order valence-electron chi connectivity index (χ3n) is 4.85. The molecule has 0 spiro atoms. The van der Waals surface area contributed by atoms with Crippen LogP contribution < -0.4 is 15.0 Å². The summed E-state index contributed by atoms with van der Waals surface area (Å²) in [5.74, 6) is 0.775. The van der Waals surface area contributed by atoms with E-state index in [0.29, 0.717) is 15.7 Å². The summed E-state index contributed by atoms with van der Waals surface area (Å²) in [6.45, 7) is 5.14. The summed E-state index contributed by atoms with van der Waals surface area (Å²) in [5, 5.41) is 3.89. The predicted molar refractivity (Wildman–Crippen MR) is 111 cm³/mol. The Morgan fingerprint density at radius 2 is 1.81 bits per heavy atom. The molecule has 3 rings (SSSR count). The van der Waals surface area contributed by atoms with Crippen LogP contribution in [0.15, 0.2) is 42.5 Å². The van der Waals surface area contributed by atoms with E-state index in [9.17, 15) is 4.79 Å². The first kappa shape index (κ1) is 19.8. The Kier molecular flexibility index (Phi) is 6.47. The van der Waals surface area contributed by atoms with Gasteiger partial charge >= 0.3 is 0 Å². The second-order valence-electron chi connectivity index (χ2n) is 6.48. The number of carbonyl (C=O) groups excluding carboxylic acids is 1. The average Bonchev–Trinajstić information content (AvgIpc) is 2.70. The van der Waals surface area contributed by atoms with Crippen LogP contribution in [0.1, 0.15) is 6.92 Å². The van der Waals surface area contributed by atoms with Crippen molar-refractivity contribution in [1.82, 2.24) is 4.90 Å². The number of hydrogen-bond acceptors (Lipinski definition) is 4. The lowest BCUT2D eigenvalue weighted by molar-refractivity contribution is -0.120. The highest BCUT2D eigenvalue weighted by molar-refractivity contribution is 6.35. The number of benzene rings is 2. The minimum atomic E-state index is -0.264. The van der Waals surface area contributed by atoms with E-state index in [4.69, 9.17) is 27.9 Å². The molecule has 2 aromatic rings. The van der Waals surface area contributed by atoms with Gasteiger partial charge in [0.25, 0.3) is 0 Å². The first-order valence-corrected chi connectivity index (χ1v) is 9.63. The quantitative estimate of drug-likeness (QED) is 0.808. The molecular weight excluding hydrogens is 385 g/mol. The fourth-order valence-corrected chi connectivity index (χ4v) is 3.57. The molecule has 0 bridgehead atoms. The molecule has 1 N–H and O–H groups in total. The summed E-state index contributed by atoms with van der Waals surface area (Å²) >= 11 is 12.1. The topological polar surface area (TPSA) is 44.8 Å². The normalized spacial score (nSPS) is 16.1. The van der Waals surface area contributed by atoms with Crippen molar-refractivity contribution in [3.05, 3.63) is 52.5 Å². The number of para-hydroxylation sites is 2. The summed E-state index contributed by atoms with van der Waals surface area (Å²) in [4.78, 5) is 17.1. The molecule has 144 valence electrons. The monoisotopic (exact) mass is 407 g/mol. The second kappa shape index (κ2) is 8.83. The van der Waals surface area contributed by atoms with Crippen LogP contribution in [0.4, 0.5) is 11.4 Å². The molecule has 1 unspecified atom stereocenters. The lowest BCUT2D eigenvalue weighted by Gasteiger charge is -2.38. The largest absolute Gasteiger partial charge is 0.495 e. The van der Waals surface area contributed by atoms with Gasteiger partial charge in [0.15, 0.2) is 0 Å². The summed E-state index contributed by atoms with van der Waals surface area (Å²) in [6, 6.07) is 12.8. The molecule has 27 heavy (non-hydrogen) atoms. The highest BCUT2D eigenvalue weighted by Crippen LogP contribution is 2.29. The third kappa shape index (κ3) is 4.67. The van der Waals surface area contributed by atoms with Crippen molar-refractivity contribution in [3.63, 3.8) is 0 Å². The van der Waals surface area contributed by atoms with E-state index < -0.39 is 0 Å². The van der Waals surface area contributed by atoms with E-state index in [1.165, 1.54) is 0 Å². The van der Waals surface area contributed by atoms with Crippen LogP contribution in [0.2, 0.25) is 10.0 Å². The molecule has 1 fully saturated rings. The van der Waals surface area contributed by atoms with Gasteiger partial charge < -0.3 is 15.0 Å². The molecule has 1 atom stereocenters. The van der Waals surface area contributed by atoms with Gasteiger partial charge in [-0.25, -0.2) is 0 Å². The minimum absolute atomic E-state index is 0.0927. The Hall–Kier alpha value is -1.95. The van der Waals surface area contributed by atoms with Crippen molar-refractivity contribution in [2.45, 2.75) is 13.0 Å². The number of amides is 1. The van der Waals surface area contributed by atoms with Gasteiger partial charge in [-0.1, -0.05) is 35.3 Å². The van der Waals surface area contributed by atoms with Crippen molar-refractivity contribution >= 4 is 40.5 Å². The molecule has 0 radical (unpaired) electrons. The van der Waals surface area contributed by atoms with Gasteiger partial charge in [-0.15, -0.1) is 0 Å². The Bertz CT molecular complexity index is 808. The molecule has 1 heterocycles. The molecule has 1 aliphatic heterocycles. The standard InChI is InChI=1S/C20H23Cl2N3O2/c1-14(20(26)23-17-13-15(21)7-8-16(17)22)24-9-11-25(12-10-24)18-5-3-4-6-19(18)27-2/h3-8,13-14H,9-12H2,1-2H3,(H,23,26). The maximum absolute atomic E-state index is 12.6. The third-order valence-corrected chi connectivity index (χ3v) is 5.42. The smallest absolute Gasteiger partial charge is 0.241 e. The molecule has 2 aromatic carbocycles. The van der Waals surface area contributed by atoms with Crippen LogP contribution in [0.3, 0.4) is 0 Å². The average molecular weight is 408 g/mol. The number of piperazine rings is 1. The lowest BCUT2D eigenvalue weighted by atomic mass is 10.2. The fourth-order valence-electron chi connectivity index (χ4n) is 3.24. The highest BCUT2D eigenvalue weighted by Gasteiger charge is 2.27. The van der Waals surface area contributed by atoms with Crippen LogP contribution >= 0.6 is 23.2 Å². The number of ether oxygens (including phenoxy) is 1. The summed E-state index contributed by atoms with van der Waals surface area (Å²) in [6.07, 6.45) is 0. The van der Waals surface area contributed by atoms with E-state index >= 15 is 0 Å². The van der Waals surface area contributed by atoms with Gasteiger partial charge in [-0.3, -0.25) is 9.69 Å². The maximum atomic E-state index is 12.6. The van der Waals surface area contributed by atoms with Gasteiger partial charge in [-0.05, 0) is 37.3 Å². The SMILES string of the molecule is COc1ccccc1N1CCN(C(C)C(=O)Nc2cc(Cl)ccc2Cl)CC1. The van der Waals surface area contributed by atoms with Crippen LogP contribution in [0.5, 0.6) is 5.75 Å². The minimum Gasteiger partial charge on any atom is -0.495 e. The number of hydrogen-bond donors (Lipinski definition) is 1. The van der Waals surface area contributed by atoms with Crippen LogP contribution in [0, 0.1) is 0 Å². The van der Waals surface area contributed by atoms with E-state index in [0.717, 1.165) is 37.6 Å². The van der Waals surface area contributed by atoms with Gasteiger partial charge in [0, 0.05) is 31.2 Å². The number of carbonyl (C=O) groups is 1. The van der Waals surface area contributed by atoms with E-state index in [2.05, 4.69) is 21.2 Å². The second-order valence-corrected chi connectivity index (χ2v) is 7.33. The summed E-state index contributed by atoms with van der Waals surface area (Å²) < 4.78 is 5.46. The van der Waals surface area contributed by atoms with Crippen LogP contribution in [-0.2, 0) is 4.79 Å². The molecule has 7 heteroatoms. The van der Waals surface area contributed by atoms with Gasteiger partial charge in [0.1, 0.15) is 5.75 Å². The summed E-state index contributed by atoms with van der Waals surface area (Å²) in [7, 11) is 1.68. The number of nitrogens with one attached hydrogen (secondary N) is 1. The zero-order valence-electron chi connectivity index (χ0n) is 15.4. The van der Waals surface area contributed by atoms with Crippen molar-refractivity contribution in [3.8, 4) is 5.75 Å². The van der Waals surface area contributed by atoms with Gasteiger partial charge in [-0.2, -0.15) is 0 Å².